The second-order valence-electron chi connectivity index (χ2n) is 5.73. The predicted molar refractivity (Wildman–Crippen MR) is 93.4 cm³/mol. The average Bonchev–Trinajstić information content (AvgIpc) is 2.55. The first-order valence-electron chi connectivity index (χ1n) is 7.54. The number of aryl methyl sites for hydroxylation is 2. The van der Waals surface area contributed by atoms with Gasteiger partial charge in [0.1, 0.15) is 6.54 Å². The van der Waals surface area contributed by atoms with Crippen LogP contribution in [0.1, 0.15) is 11.1 Å². The Morgan fingerprint density at radius 1 is 1.12 bits per heavy atom. The van der Waals surface area contributed by atoms with Crippen LogP contribution < -0.4 is 16.4 Å². The number of H-pyrrole nitrogens is 1. The summed E-state index contributed by atoms with van der Waals surface area (Å²) in [5.41, 5.74) is 2.19. The van der Waals surface area contributed by atoms with Crippen LogP contribution in [0.5, 0.6) is 0 Å². The molecule has 2 aromatic carbocycles. The van der Waals surface area contributed by atoms with Crippen LogP contribution in [0.3, 0.4) is 0 Å². The van der Waals surface area contributed by atoms with Crippen molar-refractivity contribution in [1.29, 1.82) is 0 Å². The zero-order valence-corrected chi connectivity index (χ0v) is 13.4. The lowest BCUT2D eigenvalue weighted by atomic mass is 10.1. The molecule has 0 bridgehead atoms. The highest BCUT2D eigenvalue weighted by atomic mass is 16.2. The molecule has 122 valence electrons. The van der Waals surface area contributed by atoms with Crippen molar-refractivity contribution in [2.24, 2.45) is 0 Å². The topological polar surface area (TPSA) is 84.0 Å². The number of para-hydroxylation sites is 2. The molecule has 0 saturated carbocycles. The molecule has 0 aliphatic rings. The number of hydrogen-bond acceptors (Lipinski definition) is 3. The monoisotopic (exact) mass is 323 g/mol. The van der Waals surface area contributed by atoms with Gasteiger partial charge in [-0.3, -0.25) is 19.0 Å². The van der Waals surface area contributed by atoms with E-state index in [9.17, 15) is 14.4 Å². The molecule has 24 heavy (non-hydrogen) atoms. The van der Waals surface area contributed by atoms with E-state index in [2.05, 4.69) is 10.3 Å². The summed E-state index contributed by atoms with van der Waals surface area (Å²) >= 11 is 0. The van der Waals surface area contributed by atoms with E-state index in [1.54, 1.807) is 24.3 Å². The minimum Gasteiger partial charge on any atom is -0.324 e. The van der Waals surface area contributed by atoms with Crippen molar-refractivity contribution in [1.82, 2.24) is 9.55 Å². The van der Waals surface area contributed by atoms with Crippen molar-refractivity contribution >= 4 is 22.6 Å². The Morgan fingerprint density at radius 3 is 2.67 bits per heavy atom. The zero-order chi connectivity index (χ0) is 17.3. The molecule has 3 aromatic rings. The Morgan fingerprint density at radius 2 is 1.88 bits per heavy atom. The second kappa shape index (κ2) is 6.16. The van der Waals surface area contributed by atoms with Crippen LogP contribution in [0.25, 0.3) is 11.0 Å². The molecule has 0 fully saturated rings. The summed E-state index contributed by atoms with van der Waals surface area (Å²) in [6.07, 6.45) is 0. The molecule has 6 nitrogen and oxygen atoms in total. The molecule has 1 heterocycles. The Hall–Kier alpha value is -3.15. The average molecular weight is 323 g/mol. The number of rotatable bonds is 3. The number of anilines is 1. The molecule has 3 rings (SSSR count). The fourth-order valence-electron chi connectivity index (χ4n) is 2.58. The van der Waals surface area contributed by atoms with Crippen LogP contribution in [-0.4, -0.2) is 15.5 Å². The summed E-state index contributed by atoms with van der Waals surface area (Å²) in [5, 5.41) is 2.80. The van der Waals surface area contributed by atoms with E-state index in [1.165, 1.54) is 4.57 Å². The van der Waals surface area contributed by atoms with E-state index in [-0.39, 0.29) is 12.5 Å². The lowest BCUT2D eigenvalue weighted by molar-refractivity contribution is -0.116. The number of aromatic amines is 1. The van der Waals surface area contributed by atoms with Gasteiger partial charge < -0.3 is 10.3 Å². The van der Waals surface area contributed by atoms with Gasteiger partial charge in [0.15, 0.2) is 0 Å². The number of benzene rings is 2. The van der Waals surface area contributed by atoms with Gasteiger partial charge in [0.2, 0.25) is 5.91 Å². The maximum atomic E-state index is 12.4. The van der Waals surface area contributed by atoms with E-state index >= 15 is 0 Å². The van der Waals surface area contributed by atoms with E-state index in [0.29, 0.717) is 16.7 Å². The van der Waals surface area contributed by atoms with Crippen molar-refractivity contribution in [2.75, 3.05) is 5.32 Å². The highest BCUT2D eigenvalue weighted by molar-refractivity contribution is 5.92. The molecule has 0 saturated heterocycles. The molecule has 6 heteroatoms. The first-order chi connectivity index (χ1) is 11.5. The van der Waals surface area contributed by atoms with Crippen LogP contribution in [0.2, 0.25) is 0 Å². The summed E-state index contributed by atoms with van der Waals surface area (Å²) in [5.74, 6) is -0.360. The summed E-state index contributed by atoms with van der Waals surface area (Å²) in [6, 6.07) is 12.6. The maximum absolute atomic E-state index is 12.4. The largest absolute Gasteiger partial charge is 0.324 e. The third-order valence-corrected chi connectivity index (χ3v) is 3.85. The lowest BCUT2D eigenvalue weighted by Gasteiger charge is -2.12. The Labute approximate surface area is 137 Å². The van der Waals surface area contributed by atoms with E-state index in [0.717, 1.165) is 11.1 Å². The fraction of sp³-hybridized carbons (Fsp3) is 0.167. The Bertz CT molecular complexity index is 1050. The van der Waals surface area contributed by atoms with Crippen molar-refractivity contribution in [3.05, 3.63) is 74.3 Å². The minimum atomic E-state index is -0.746. The number of fused-ring (bicyclic) bond motifs is 1. The normalized spacial score (nSPS) is 10.8. The molecule has 2 N–H and O–H groups in total. The van der Waals surface area contributed by atoms with Gasteiger partial charge in [0, 0.05) is 5.69 Å². The second-order valence-corrected chi connectivity index (χ2v) is 5.73. The van der Waals surface area contributed by atoms with Gasteiger partial charge in [0.25, 0.3) is 0 Å². The molecule has 0 atom stereocenters. The minimum absolute atomic E-state index is 0.226. The third-order valence-electron chi connectivity index (χ3n) is 3.85. The van der Waals surface area contributed by atoms with Crippen LogP contribution >= 0.6 is 0 Å². The van der Waals surface area contributed by atoms with E-state index in [4.69, 9.17) is 0 Å². The molecule has 0 aliphatic heterocycles. The van der Waals surface area contributed by atoms with Gasteiger partial charge in [-0.2, -0.15) is 0 Å². The zero-order valence-electron chi connectivity index (χ0n) is 13.4. The number of carbonyl (C=O) groups is 1. The number of nitrogens with one attached hydrogen (secondary N) is 2. The molecule has 1 aromatic heterocycles. The van der Waals surface area contributed by atoms with Crippen molar-refractivity contribution in [2.45, 2.75) is 20.4 Å². The lowest BCUT2D eigenvalue weighted by Crippen LogP contribution is -2.38. The first-order valence-corrected chi connectivity index (χ1v) is 7.54. The molecule has 0 spiro atoms. The van der Waals surface area contributed by atoms with Crippen LogP contribution in [0, 0.1) is 13.8 Å². The summed E-state index contributed by atoms with van der Waals surface area (Å²) < 4.78 is 1.19. The summed E-state index contributed by atoms with van der Waals surface area (Å²) in [6.45, 7) is 3.60. The predicted octanol–water partition coefficient (Wildman–Crippen LogP) is 1.95. The number of aromatic nitrogens is 2. The van der Waals surface area contributed by atoms with Gasteiger partial charge in [-0.15, -0.1) is 0 Å². The SMILES string of the molecule is Cc1ccc(C)c(NC(=O)Cn2c(=O)c(=O)[nH]c3ccccc32)c1. The Balaban J connectivity index is 1.96. The van der Waals surface area contributed by atoms with Crippen molar-refractivity contribution in [3.63, 3.8) is 0 Å². The highest BCUT2D eigenvalue weighted by Gasteiger charge is 2.12. The highest BCUT2D eigenvalue weighted by Crippen LogP contribution is 2.16. The number of nitrogens with zero attached hydrogens (tertiary/aromatic N) is 1. The van der Waals surface area contributed by atoms with E-state index in [1.807, 2.05) is 32.0 Å². The number of carbonyl (C=O) groups excluding carboxylic acids is 1. The number of amides is 1. The maximum Gasteiger partial charge on any atom is 0.317 e. The van der Waals surface area contributed by atoms with Crippen molar-refractivity contribution < 1.29 is 4.79 Å². The Kier molecular flexibility index (Phi) is 4.04. The van der Waals surface area contributed by atoms with Crippen molar-refractivity contribution in [3.8, 4) is 0 Å². The van der Waals surface area contributed by atoms with Gasteiger partial charge in [-0.1, -0.05) is 24.3 Å². The molecule has 0 unspecified atom stereocenters. The smallest absolute Gasteiger partial charge is 0.317 e. The summed E-state index contributed by atoms with van der Waals surface area (Å²) in [4.78, 5) is 38.8. The van der Waals surface area contributed by atoms with E-state index < -0.39 is 11.1 Å². The van der Waals surface area contributed by atoms with Gasteiger partial charge in [-0.25, -0.2) is 0 Å². The quantitative estimate of drug-likeness (QED) is 0.723. The van der Waals surface area contributed by atoms with Crippen LogP contribution in [-0.2, 0) is 11.3 Å². The third kappa shape index (κ3) is 2.99. The molecule has 1 amide bonds. The molecular formula is C18H17N3O3. The molecular weight excluding hydrogens is 306 g/mol. The fourth-order valence-corrected chi connectivity index (χ4v) is 2.58. The van der Waals surface area contributed by atoms with Gasteiger partial charge in [-0.05, 0) is 43.2 Å². The molecule has 0 radical (unpaired) electrons. The van der Waals surface area contributed by atoms with Crippen LogP contribution in [0.15, 0.2) is 52.1 Å². The first kappa shape index (κ1) is 15.7. The standard InChI is InChI=1S/C18H17N3O3/c1-11-7-8-12(2)14(9-11)19-16(22)10-21-15-6-4-3-5-13(15)20-17(23)18(21)24/h3-9H,10H2,1-2H3,(H,19,22)(H,20,23). The number of hydrogen-bond donors (Lipinski definition) is 2. The van der Waals surface area contributed by atoms with Gasteiger partial charge in [0.05, 0.1) is 11.0 Å². The van der Waals surface area contributed by atoms with Gasteiger partial charge >= 0.3 is 11.1 Å². The van der Waals surface area contributed by atoms with Crippen LogP contribution in [0.4, 0.5) is 5.69 Å². The summed E-state index contributed by atoms with van der Waals surface area (Å²) in [7, 11) is 0. The molecule has 0 aliphatic carbocycles.